The van der Waals surface area contributed by atoms with Gasteiger partial charge in [-0.1, -0.05) is 6.07 Å². The Balaban J connectivity index is 1.48. The third-order valence-electron chi connectivity index (χ3n) is 4.89. The molecular weight excluding hydrogens is 324 g/mol. The second-order valence-electron chi connectivity index (χ2n) is 6.73. The number of carbonyl (C=O) groups excluding carboxylic acids is 1. The van der Waals surface area contributed by atoms with E-state index in [0.29, 0.717) is 30.7 Å². The number of carbonyl (C=O) groups is 1. The highest BCUT2D eigenvalue weighted by Crippen LogP contribution is 2.23. The summed E-state index contributed by atoms with van der Waals surface area (Å²) in [6.45, 7) is 1.53. The van der Waals surface area contributed by atoms with Crippen LogP contribution in [0.5, 0.6) is 0 Å². The van der Waals surface area contributed by atoms with Crippen molar-refractivity contribution < 1.29 is 13.6 Å². The molecule has 1 aromatic carbocycles. The van der Waals surface area contributed by atoms with Gasteiger partial charge in [0.15, 0.2) is 0 Å². The molecule has 1 aliphatic rings. The topological polar surface area (TPSA) is 49.0 Å². The summed E-state index contributed by atoms with van der Waals surface area (Å²) in [5.74, 6) is -0.493. The van der Waals surface area contributed by atoms with Crippen molar-refractivity contribution in [2.45, 2.75) is 38.5 Å². The molecule has 2 heterocycles. The first-order chi connectivity index (χ1) is 12.1. The first-order valence-corrected chi connectivity index (χ1v) is 8.81. The maximum absolute atomic E-state index is 13.7. The molecule has 0 spiro atoms. The summed E-state index contributed by atoms with van der Waals surface area (Å²) < 4.78 is 26.7. The summed E-state index contributed by atoms with van der Waals surface area (Å²) in [5.41, 5.74) is 1.58. The molecule has 2 aromatic rings. The van der Waals surface area contributed by atoms with E-state index in [-0.39, 0.29) is 5.91 Å². The Bertz CT molecular complexity index is 703. The molecule has 4 nitrogen and oxygen atoms in total. The first-order valence-electron chi connectivity index (χ1n) is 8.81. The van der Waals surface area contributed by atoms with Crippen molar-refractivity contribution in [2.75, 3.05) is 13.1 Å². The average molecular weight is 347 g/mol. The Morgan fingerprint density at radius 1 is 1.32 bits per heavy atom. The van der Waals surface area contributed by atoms with Crippen molar-refractivity contribution in [3.63, 3.8) is 0 Å². The van der Waals surface area contributed by atoms with E-state index in [0.717, 1.165) is 44.0 Å². The monoisotopic (exact) mass is 347 g/mol. The van der Waals surface area contributed by atoms with Gasteiger partial charge in [-0.25, -0.2) is 8.78 Å². The lowest BCUT2D eigenvalue weighted by Crippen LogP contribution is -2.40. The highest BCUT2D eigenvalue weighted by Gasteiger charge is 2.23. The summed E-state index contributed by atoms with van der Waals surface area (Å²) in [4.78, 5) is 14.3. The van der Waals surface area contributed by atoms with Gasteiger partial charge < -0.3 is 4.90 Å². The standard InChI is InChI=1S/C19H23F2N3O/c20-17-7-6-16(18(21)10-17)5-3-14-2-1-9-24(13-14)19(25)8-4-15-11-22-23-12-15/h6-7,10-12,14H,1-5,8-9,13H2,(H,22,23). The van der Waals surface area contributed by atoms with Crippen LogP contribution in [0.15, 0.2) is 30.6 Å². The summed E-state index contributed by atoms with van der Waals surface area (Å²) in [6.07, 6.45) is 8.15. The summed E-state index contributed by atoms with van der Waals surface area (Å²) >= 11 is 0. The molecule has 1 aliphatic heterocycles. The zero-order valence-electron chi connectivity index (χ0n) is 14.2. The number of hydrogen-bond donors (Lipinski definition) is 1. The fourth-order valence-electron chi connectivity index (χ4n) is 3.43. The van der Waals surface area contributed by atoms with Gasteiger partial charge in [0, 0.05) is 31.8 Å². The number of piperidine rings is 1. The number of H-pyrrole nitrogens is 1. The molecule has 1 amide bonds. The summed E-state index contributed by atoms with van der Waals surface area (Å²) in [7, 11) is 0. The van der Waals surface area contributed by atoms with Gasteiger partial charge in [-0.3, -0.25) is 9.89 Å². The van der Waals surface area contributed by atoms with E-state index in [1.807, 2.05) is 11.1 Å². The van der Waals surface area contributed by atoms with Gasteiger partial charge in [0.25, 0.3) is 0 Å². The molecule has 0 saturated carbocycles. The van der Waals surface area contributed by atoms with Crippen LogP contribution in [0.4, 0.5) is 8.78 Å². The van der Waals surface area contributed by atoms with Gasteiger partial charge >= 0.3 is 0 Å². The molecule has 1 unspecified atom stereocenters. The predicted molar refractivity (Wildman–Crippen MR) is 90.9 cm³/mol. The number of aryl methyl sites for hydroxylation is 2. The lowest BCUT2D eigenvalue weighted by molar-refractivity contribution is -0.133. The molecule has 1 aromatic heterocycles. The van der Waals surface area contributed by atoms with Crippen molar-refractivity contribution in [1.82, 2.24) is 15.1 Å². The molecule has 0 radical (unpaired) electrons. The van der Waals surface area contributed by atoms with Crippen molar-refractivity contribution in [3.05, 3.63) is 53.4 Å². The smallest absolute Gasteiger partial charge is 0.222 e. The number of rotatable bonds is 6. The fourth-order valence-corrected chi connectivity index (χ4v) is 3.43. The average Bonchev–Trinajstić information content (AvgIpc) is 3.13. The van der Waals surface area contributed by atoms with Crippen LogP contribution in [0.25, 0.3) is 0 Å². The van der Waals surface area contributed by atoms with Gasteiger partial charge in [0.05, 0.1) is 6.20 Å². The Morgan fingerprint density at radius 3 is 2.96 bits per heavy atom. The molecule has 0 aliphatic carbocycles. The number of hydrogen-bond acceptors (Lipinski definition) is 2. The van der Waals surface area contributed by atoms with Crippen molar-refractivity contribution in [3.8, 4) is 0 Å². The molecule has 1 N–H and O–H groups in total. The lowest BCUT2D eigenvalue weighted by Gasteiger charge is -2.33. The number of aromatic nitrogens is 2. The van der Waals surface area contributed by atoms with Gasteiger partial charge in [0.2, 0.25) is 5.91 Å². The van der Waals surface area contributed by atoms with E-state index in [4.69, 9.17) is 0 Å². The zero-order chi connectivity index (χ0) is 17.6. The number of nitrogens with zero attached hydrogens (tertiary/aromatic N) is 2. The van der Waals surface area contributed by atoms with Crippen molar-refractivity contribution in [2.24, 2.45) is 5.92 Å². The van der Waals surface area contributed by atoms with E-state index in [1.165, 1.54) is 12.1 Å². The minimum absolute atomic E-state index is 0.166. The maximum Gasteiger partial charge on any atom is 0.222 e. The van der Waals surface area contributed by atoms with Crippen LogP contribution in [0.1, 0.15) is 36.8 Å². The Labute approximate surface area is 146 Å². The summed E-state index contributed by atoms with van der Waals surface area (Å²) in [6, 6.07) is 3.74. The molecule has 0 bridgehead atoms. The van der Waals surface area contributed by atoms with E-state index in [2.05, 4.69) is 10.2 Å². The van der Waals surface area contributed by atoms with Crippen LogP contribution in [0, 0.1) is 17.6 Å². The van der Waals surface area contributed by atoms with E-state index < -0.39 is 11.6 Å². The van der Waals surface area contributed by atoms with E-state index >= 15 is 0 Å². The highest BCUT2D eigenvalue weighted by molar-refractivity contribution is 5.76. The van der Waals surface area contributed by atoms with E-state index in [1.54, 1.807) is 6.20 Å². The number of halogens is 2. The van der Waals surface area contributed by atoms with Gasteiger partial charge in [-0.05, 0) is 55.2 Å². The minimum Gasteiger partial charge on any atom is -0.342 e. The maximum atomic E-state index is 13.7. The first kappa shape index (κ1) is 17.6. The zero-order valence-corrected chi connectivity index (χ0v) is 14.2. The fraction of sp³-hybridized carbons (Fsp3) is 0.474. The molecule has 1 atom stereocenters. The van der Waals surface area contributed by atoms with Crippen LogP contribution in [-0.4, -0.2) is 34.1 Å². The second kappa shape index (κ2) is 8.23. The number of aromatic amines is 1. The van der Waals surface area contributed by atoms with Gasteiger partial charge in [0.1, 0.15) is 11.6 Å². The predicted octanol–water partition coefficient (Wildman–Crippen LogP) is 3.49. The lowest BCUT2D eigenvalue weighted by atomic mass is 9.91. The largest absolute Gasteiger partial charge is 0.342 e. The number of amides is 1. The van der Waals surface area contributed by atoms with Crippen molar-refractivity contribution in [1.29, 1.82) is 0 Å². The van der Waals surface area contributed by atoms with Gasteiger partial charge in [-0.2, -0.15) is 5.10 Å². The number of benzene rings is 1. The Hall–Kier alpha value is -2.24. The Morgan fingerprint density at radius 2 is 2.20 bits per heavy atom. The molecule has 134 valence electrons. The molecule has 6 heteroatoms. The van der Waals surface area contributed by atoms with Gasteiger partial charge in [-0.15, -0.1) is 0 Å². The summed E-state index contributed by atoms with van der Waals surface area (Å²) in [5, 5.41) is 6.64. The van der Waals surface area contributed by atoms with Crippen LogP contribution < -0.4 is 0 Å². The second-order valence-corrected chi connectivity index (χ2v) is 6.73. The van der Waals surface area contributed by atoms with Crippen molar-refractivity contribution >= 4 is 5.91 Å². The minimum atomic E-state index is -0.548. The molecule has 1 fully saturated rings. The molecule has 3 rings (SSSR count). The van der Waals surface area contributed by atoms with Crippen LogP contribution in [0.3, 0.4) is 0 Å². The Kier molecular flexibility index (Phi) is 5.79. The van der Waals surface area contributed by atoms with Crippen LogP contribution in [0.2, 0.25) is 0 Å². The third-order valence-corrected chi connectivity index (χ3v) is 4.89. The molecule has 25 heavy (non-hydrogen) atoms. The normalized spacial score (nSPS) is 17.7. The number of likely N-dealkylation sites (tertiary alicyclic amines) is 1. The third kappa shape index (κ3) is 4.87. The quantitative estimate of drug-likeness (QED) is 0.869. The SMILES string of the molecule is O=C(CCc1cn[nH]c1)N1CCCC(CCc2ccc(F)cc2F)C1. The number of nitrogens with one attached hydrogen (secondary N) is 1. The van der Waals surface area contributed by atoms with E-state index in [9.17, 15) is 13.6 Å². The molecular formula is C19H23F2N3O. The van der Waals surface area contributed by atoms with Crippen LogP contribution in [-0.2, 0) is 17.6 Å². The highest BCUT2D eigenvalue weighted by atomic mass is 19.1. The molecule has 1 saturated heterocycles. The van der Waals surface area contributed by atoms with Crippen LogP contribution >= 0.6 is 0 Å².